The molecule has 2 N–H and O–H groups in total. The second-order valence-corrected chi connectivity index (χ2v) is 5.41. The fraction of sp³-hybridized carbons (Fsp3) is 0.538. The zero-order valence-corrected chi connectivity index (χ0v) is 11.8. The molecule has 0 aromatic heterocycles. The molecule has 1 rings (SSSR count). The molecule has 17 heavy (non-hydrogen) atoms. The van der Waals surface area contributed by atoms with Crippen molar-refractivity contribution in [2.24, 2.45) is 5.92 Å². The van der Waals surface area contributed by atoms with Gasteiger partial charge in [-0.25, -0.2) is 0 Å². The van der Waals surface area contributed by atoms with Gasteiger partial charge in [-0.15, -0.1) is 11.8 Å². The lowest BCUT2D eigenvalue weighted by atomic mass is 10.2. The molecule has 0 saturated heterocycles. The maximum atomic E-state index is 5.98. The number of rotatable bonds is 6. The van der Waals surface area contributed by atoms with Crippen molar-refractivity contribution in [1.29, 1.82) is 0 Å². The molecule has 0 aliphatic heterocycles. The Morgan fingerprint density at radius 3 is 2.29 bits per heavy atom. The highest BCUT2D eigenvalue weighted by Gasteiger charge is 2.09. The SMILES string of the molecule is COc1cc(N)c(SCCC(C)C)cc1OC. The molecule has 3 nitrogen and oxygen atoms in total. The van der Waals surface area contributed by atoms with Crippen LogP contribution in [0.1, 0.15) is 20.3 Å². The van der Waals surface area contributed by atoms with E-state index in [9.17, 15) is 0 Å². The smallest absolute Gasteiger partial charge is 0.162 e. The minimum atomic E-state index is 0.679. The summed E-state index contributed by atoms with van der Waals surface area (Å²) in [7, 11) is 3.25. The van der Waals surface area contributed by atoms with Crippen molar-refractivity contribution < 1.29 is 9.47 Å². The molecule has 0 aliphatic carbocycles. The van der Waals surface area contributed by atoms with Crippen molar-refractivity contribution in [3.8, 4) is 11.5 Å². The second kappa shape index (κ2) is 6.64. The van der Waals surface area contributed by atoms with E-state index in [-0.39, 0.29) is 0 Å². The van der Waals surface area contributed by atoms with Crippen molar-refractivity contribution in [3.63, 3.8) is 0 Å². The van der Waals surface area contributed by atoms with Gasteiger partial charge in [0.05, 0.1) is 14.2 Å². The van der Waals surface area contributed by atoms with E-state index in [1.807, 2.05) is 12.1 Å². The molecule has 0 amide bonds. The van der Waals surface area contributed by atoms with Gasteiger partial charge in [-0.05, 0) is 24.2 Å². The van der Waals surface area contributed by atoms with Crippen LogP contribution in [0.25, 0.3) is 0 Å². The van der Waals surface area contributed by atoms with Crippen LogP contribution in [0.4, 0.5) is 5.69 Å². The molecule has 1 aromatic rings. The Morgan fingerprint density at radius 2 is 1.76 bits per heavy atom. The number of hydrogen-bond acceptors (Lipinski definition) is 4. The maximum Gasteiger partial charge on any atom is 0.162 e. The summed E-state index contributed by atoms with van der Waals surface area (Å²) in [6, 6.07) is 3.76. The molecule has 0 atom stereocenters. The molecule has 0 saturated carbocycles. The molecule has 0 aliphatic rings. The van der Waals surface area contributed by atoms with Crippen LogP contribution in [0.3, 0.4) is 0 Å². The predicted octanol–water partition coefficient (Wildman–Crippen LogP) is 3.42. The van der Waals surface area contributed by atoms with Gasteiger partial charge in [0.15, 0.2) is 11.5 Å². The van der Waals surface area contributed by atoms with Gasteiger partial charge in [0, 0.05) is 16.6 Å². The first kappa shape index (κ1) is 14.0. The Balaban J connectivity index is 2.78. The van der Waals surface area contributed by atoms with Crippen molar-refractivity contribution in [2.75, 3.05) is 25.7 Å². The molecule has 0 spiro atoms. The first-order chi connectivity index (χ1) is 8.08. The zero-order chi connectivity index (χ0) is 12.8. The van der Waals surface area contributed by atoms with Crippen molar-refractivity contribution in [3.05, 3.63) is 12.1 Å². The number of ether oxygens (including phenoxy) is 2. The number of nitrogens with two attached hydrogens (primary N) is 1. The second-order valence-electron chi connectivity index (χ2n) is 4.28. The third-order valence-corrected chi connectivity index (χ3v) is 3.57. The lowest BCUT2D eigenvalue weighted by molar-refractivity contribution is 0.354. The molecule has 0 radical (unpaired) electrons. The van der Waals surface area contributed by atoms with Gasteiger partial charge in [-0.1, -0.05) is 13.8 Å². The largest absolute Gasteiger partial charge is 0.493 e. The predicted molar refractivity (Wildman–Crippen MR) is 74.1 cm³/mol. The first-order valence-corrected chi connectivity index (χ1v) is 6.71. The molecule has 96 valence electrons. The van der Waals surface area contributed by atoms with Gasteiger partial charge in [-0.3, -0.25) is 0 Å². The van der Waals surface area contributed by atoms with Crippen molar-refractivity contribution >= 4 is 17.4 Å². The minimum Gasteiger partial charge on any atom is -0.493 e. The Hall–Kier alpha value is -1.03. The van der Waals surface area contributed by atoms with E-state index in [1.165, 1.54) is 6.42 Å². The average Bonchev–Trinajstić information content (AvgIpc) is 2.30. The van der Waals surface area contributed by atoms with E-state index in [1.54, 1.807) is 26.0 Å². The number of thioether (sulfide) groups is 1. The molecule has 0 fully saturated rings. The van der Waals surface area contributed by atoms with Crippen LogP contribution in [0, 0.1) is 5.92 Å². The summed E-state index contributed by atoms with van der Waals surface area (Å²) in [6.45, 7) is 4.44. The van der Waals surface area contributed by atoms with Crippen molar-refractivity contribution in [2.45, 2.75) is 25.2 Å². The molecular weight excluding hydrogens is 234 g/mol. The molecule has 0 bridgehead atoms. The van der Waals surface area contributed by atoms with E-state index in [0.29, 0.717) is 11.7 Å². The van der Waals surface area contributed by atoms with Gasteiger partial charge in [0.1, 0.15) is 0 Å². The quantitative estimate of drug-likeness (QED) is 0.625. The Bertz CT molecular complexity index is 367. The van der Waals surface area contributed by atoms with Crippen LogP contribution in [-0.4, -0.2) is 20.0 Å². The van der Waals surface area contributed by atoms with Gasteiger partial charge in [0.25, 0.3) is 0 Å². The Labute approximate surface area is 108 Å². The number of hydrogen-bond donors (Lipinski definition) is 1. The normalized spacial score (nSPS) is 10.6. The van der Waals surface area contributed by atoms with Gasteiger partial charge < -0.3 is 15.2 Å². The summed E-state index contributed by atoms with van der Waals surface area (Å²) in [5.74, 6) is 3.19. The molecule has 4 heteroatoms. The highest BCUT2D eigenvalue weighted by atomic mass is 32.2. The summed E-state index contributed by atoms with van der Waals surface area (Å²) in [5.41, 5.74) is 6.73. The van der Waals surface area contributed by atoms with E-state index in [0.717, 1.165) is 22.1 Å². The molecule has 0 unspecified atom stereocenters. The molecule has 0 heterocycles. The van der Waals surface area contributed by atoms with Crippen LogP contribution in [-0.2, 0) is 0 Å². The summed E-state index contributed by atoms with van der Waals surface area (Å²) in [6.07, 6.45) is 1.18. The molecule has 1 aromatic carbocycles. The standard InChI is InChI=1S/C13H21NO2S/c1-9(2)5-6-17-13-8-12(16-4)11(15-3)7-10(13)14/h7-9H,5-6,14H2,1-4H3. The fourth-order valence-electron chi connectivity index (χ4n) is 1.41. The highest BCUT2D eigenvalue weighted by molar-refractivity contribution is 7.99. The monoisotopic (exact) mass is 255 g/mol. The third kappa shape index (κ3) is 4.04. The van der Waals surface area contributed by atoms with E-state index in [4.69, 9.17) is 15.2 Å². The lowest BCUT2D eigenvalue weighted by Crippen LogP contribution is -1.96. The first-order valence-electron chi connectivity index (χ1n) is 5.72. The van der Waals surface area contributed by atoms with Gasteiger partial charge in [-0.2, -0.15) is 0 Å². The topological polar surface area (TPSA) is 44.5 Å². The minimum absolute atomic E-state index is 0.679. The fourth-order valence-corrected chi connectivity index (χ4v) is 2.63. The van der Waals surface area contributed by atoms with Gasteiger partial charge >= 0.3 is 0 Å². The van der Waals surface area contributed by atoms with Gasteiger partial charge in [0.2, 0.25) is 0 Å². The zero-order valence-electron chi connectivity index (χ0n) is 10.9. The maximum absolute atomic E-state index is 5.98. The van der Waals surface area contributed by atoms with Crippen LogP contribution >= 0.6 is 11.8 Å². The number of methoxy groups -OCH3 is 2. The van der Waals surface area contributed by atoms with Crippen LogP contribution in [0.15, 0.2) is 17.0 Å². The molecular formula is C13H21NO2S. The number of nitrogen functional groups attached to an aromatic ring is 1. The van der Waals surface area contributed by atoms with E-state index in [2.05, 4.69) is 13.8 Å². The summed E-state index contributed by atoms with van der Waals surface area (Å²) < 4.78 is 10.5. The van der Waals surface area contributed by atoms with Crippen LogP contribution in [0.2, 0.25) is 0 Å². The van der Waals surface area contributed by atoms with Crippen LogP contribution in [0.5, 0.6) is 11.5 Å². The van der Waals surface area contributed by atoms with Crippen molar-refractivity contribution in [1.82, 2.24) is 0 Å². The summed E-state index contributed by atoms with van der Waals surface area (Å²) >= 11 is 1.76. The van der Waals surface area contributed by atoms with E-state index < -0.39 is 0 Å². The van der Waals surface area contributed by atoms with E-state index >= 15 is 0 Å². The number of benzene rings is 1. The van der Waals surface area contributed by atoms with Crippen LogP contribution < -0.4 is 15.2 Å². The Kier molecular flexibility index (Phi) is 5.48. The lowest BCUT2D eigenvalue weighted by Gasteiger charge is -2.12. The summed E-state index contributed by atoms with van der Waals surface area (Å²) in [4.78, 5) is 1.06. The number of anilines is 1. The summed E-state index contributed by atoms with van der Waals surface area (Å²) in [5, 5.41) is 0. The third-order valence-electron chi connectivity index (χ3n) is 2.47. The Morgan fingerprint density at radius 1 is 1.18 bits per heavy atom. The average molecular weight is 255 g/mol. The highest BCUT2D eigenvalue weighted by Crippen LogP contribution is 2.37.